The summed E-state index contributed by atoms with van der Waals surface area (Å²) in [5, 5.41) is 7.05. The highest BCUT2D eigenvalue weighted by Crippen LogP contribution is 2.31. The van der Waals surface area contributed by atoms with E-state index in [1.54, 1.807) is 43.3 Å². The van der Waals surface area contributed by atoms with Crippen molar-refractivity contribution in [3.05, 3.63) is 64.8 Å². The molecule has 0 aliphatic rings. The number of nitrogens with zero attached hydrogens (tertiary/aromatic N) is 1. The SMILES string of the molecule is COc1ccc(-c2cc(C)no2)cc1S(=O)(=O)CCC(=O)NCc1ccccc1Cl. The van der Waals surface area contributed by atoms with Gasteiger partial charge in [-0.1, -0.05) is 35.0 Å². The van der Waals surface area contributed by atoms with Crippen LogP contribution in [0.2, 0.25) is 5.02 Å². The Hall–Kier alpha value is -2.84. The van der Waals surface area contributed by atoms with E-state index in [0.717, 1.165) is 5.56 Å². The molecule has 3 aromatic rings. The Morgan fingerprint density at radius 3 is 2.63 bits per heavy atom. The topological polar surface area (TPSA) is 98.5 Å². The number of nitrogens with one attached hydrogen (secondary N) is 1. The van der Waals surface area contributed by atoms with Crippen LogP contribution < -0.4 is 10.1 Å². The molecular weight excluding hydrogens is 428 g/mol. The molecule has 1 heterocycles. The predicted molar refractivity (Wildman–Crippen MR) is 113 cm³/mol. The highest BCUT2D eigenvalue weighted by Gasteiger charge is 2.22. The fourth-order valence-electron chi connectivity index (χ4n) is 2.83. The number of carbonyl (C=O) groups is 1. The summed E-state index contributed by atoms with van der Waals surface area (Å²) in [5.41, 5.74) is 1.99. The van der Waals surface area contributed by atoms with E-state index in [-0.39, 0.29) is 35.3 Å². The Balaban J connectivity index is 1.71. The van der Waals surface area contributed by atoms with E-state index in [4.69, 9.17) is 20.9 Å². The summed E-state index contributed by atoms with van der Waals surface area (Å²) in [5.74, 6) is -0.105. The predicted octanol–water partition coefficient (Wildman–Crippen LogP) is 3.79. The number of hydrogen-bond donors (Lipinski definition) is 1. The van der Waals surface area contributed by atoms with Crippen molar-refractivity contribution >= 4 is 27.3 Å². The average molecular weight is 449 g/mol. The third kappa shape index (κ3) is 5.20. The molecule has 3 rings (SSSR count). The van der Waals surface area contributed by atoms with E-state index in [1.807, 2.05) is 6.07 Å². The zero-order chi connectivity index (χ0) is 21.7. The van der Waals surface area contributed by atoms with Crippen LogP contribution in [-0.4, -0.2) is 32.3 Å². The largest absolute Gasteiger partial charge is 0.495 e. The maximum Gasteiger partial charge on any atom is 0.221 e. The van der Waals surface area contributed by atoms with Crippen molar-refractivity contribution in [2.24, 2.45) is 0 Å². The number of benzene rings is 2. The molecule has 2 aromatic carbocycles. The van der Waals surface area contributed by atoms with Crippen molar-refractivity contribution in [2.45, 2.75) is 24.8 Å². The quantitative estimate of drug-likeness (QED) is 0.562. The van der Waals surface area contributed by atoms with E-state index in [0.29, 0.717) is 22.0 Å². The van der Waals surface area contributed by atoms with Crippen LogP contribution in [0, 0.1) is 6.92 Å². The van der Waals surface area contributed by atoms with Crippen molar-refractivity contribution in [1.29, 1.82) is 0 Å². The van der Waals surface area contributed by atoms with Gasteiger partial charge in [0.2, 0.25) is 5.91 Å². The molecule has 9 heteroatoms. The molecule has 0 saturated carbocycles. The van der Waals surface area contributed by atoms with E-state index < -0.39 is 9.84 Å². The summed E-state index contributed by atoms with van der Waals surface area (Å²) in [7, 11) is -2.40. The third-order valence-electron chi connectivity index (χ3n) is 4.44. The van der Waals surface area contributed by atoms with Crippen LogP contribution in [0.4, 0.5) is 0 Å². The monoisotopic (exact) mass is 448 g/mol. The smallest absolute Gasteiger partial charge is 0.221 e. The molecule has 158 valence electrons. The highest BCUT2D eigenvalue weighted by atomic mass is 35.5. The van der Waals surface area contributed by atoms with E-state index in [9.17, 15) is 13.2 Å². The maximum atomic E-state index is 12.9. The maximum absolute atomic E-state index is 12.9. The van der Waals surface area contributed by atoms with Gasteiger partial charge in [0, 0.05) is 29.6 Å². The Labute approximate surface area is 179 Å². The number of hydrogen-bond acceptors (Lipinski definition) is 6. The van der Waals surface area contributed by atoms with Crippen molar-refractivity contribution < 1.29 is 22.5 Å². The number of sulfone groups is 1. The minimum absolute atomic E-state index is 0.00421. The second-order valence-electron chi connectivity index (χ2n) is 6.64. The molecule has 7 nitrogen and oxygen atoms in total. The number of ether oxygens (including phenoxy) is 1. The van der Waals surface area contributed by atoms with Gasteiger partial charge in [0.15, 0.2) is 15.6 Å². The summed E-state index contributed by atoms with van der Waals surface area (Å²) in [6.45, 7) is 2.00. The van der Waals surface area contributed by atoms with Crippen molar-refractivity contribution in [2.75, 3.05) is 12.9 Å². The molecule has 1 amide bonds. The molecule has 0 aliphatic heterocycles. The van der Waals surface area contributed by atoms with Crippen LogP contribution in [0.1, 0.15) is 17.7 Å². The molecule has 0 spiro atoms. The molecule has 30 heavy (non-hydrogen) atoms. The van der Waals surface area contributed by atoms with Gasteiger partial charge in [-0.2, -0.15) is 0 Å². The van der Waals surface area contributed by atoms with Gasteiger partial charge in [0.25, 0.3) is 0 Å². The number of rotatable bonds is 8. The molecule has 0 bridgehead atoms. The van der Waals surface area contributed by atoms with E-state index in [2.05, 4.69) is 10.5 Å². The molecule has 0 saturated heterocycles. The molecule has 0 aliphatic carbocycles. The molecule has 0 atom stereocenters. The number of methoxy groups -OCH3 is 1. The van der Waals surface area contributed by atoms with Gasteiger partial charge in [0.05, 0.1) is 18.6 Å². The Morgan fingerprint density at radius 1 is 1.20 bits per heavy atom. The first kappa shape index (κ1) is 21.9. The lowest BCUT2D eigenvalue weighted by atomic mass is 10.1. The fraction of sp³-hybridized carbons (Fsp3) is 0.238. The van der Waals surface area contributed by atoms with E-state index in [1.165, 1.54) is 13.2 Å². The molecule has 1 N–H and O–H groups in total. The lowest BCUT2D eigenvalue weighted by molar-refractivity contribution is -0.120. The molecular formula is C21H21ClN2O5S. The standard InChI is InChI=1S/C21H21ClN2O5S/c1-14-11-19(29-24-14)15-7-8-18(28-2)20(12-15)30(26,27)10-9-21(25)23-13-16-5-3-4-6-17(16)22/h3-8,11-12H,9-10,13H2,1-2H3,(H,23,25). The average Bonchev–Trinajstić information content (AvgIpc) is 3.17. The second-order valence-corrected chi connectivity index (χ2v) is 9.12. The summed E-state index contributed by atoms with van der Waals surface area (Å²) in [6, 6.07) is 13.5. The Kier molecular flexibility index (Phi) is 6.79. The van der Waals surface area contributed by atoms with E-state index >= 15 is 0 Å². The molecule has 1 aromatic heterocycles. The Bertz CT molecular complexity index is 1160. The van der Waals surface area contributed by atoms with Gasteiger partial charge in [0.1, 0.15) is 10.6 Å². The minimum Gasteiger partial charge on any atom is -0.495 e. The van der Waals surface area contributed by atoms with Gasteiger partial charge < -0.3 is 14.6 Å². The van der Waals surface area contributed by atoms with Gasteiger partial charge >= 0.3 is 0 Å². The number of carbonyl (C=O) groups excluding carboxylic acids is 1. The fourth-order valence-corrected chi connectivity index (χ4v) is 4.47. The second kappa shape index (κ2) is 9.32. The summed E-state index contributed by atoms with van der Waals surface area (Å²) in [4.78, 5) is 12.2. The normalized spacial score (nSPS) is 11.3. The summed E-state index contributed by atoms with van der Waals surface area (Å²) >= 11 is 6.06. The molecule has 0 radical (unpaired) electrons. The first-order valence-electron chi connectivity index (χ1n) is 9.15. The van der Waals surface area contributed by atoms with Crippen LogP contribution in [0.15, 0.2) is 57.9 Å². The zero-order valence-electron chi connectivity index (χ0n) is 16.5. The van der Waals surface area contributed by atoms with Gasteiger partial charge in [-0.3, -0.25) is 4.79 Å². The number of halogens is 1. The van der Waals surface area contributed by atoms with Gasteiger partial charge in [-0.25, -0.2) is 8.42 Å². The molecule has 0 fully saturated rings. The lowest BCUT2D eigenvalue weighted by Crippen LogP contribution is -2.25. The van der Waals surface area contributed by atoms with Crippen LogP contribution in [-0.2, 0) is 21.2 Å². The lowest BCUT2D eigenvalue weighted by Gasteiger charge is -2.11. The third-order valence-corrected chi connectivity index (χ3v) is 6.54. The summed E-state index contributed by atoms with van der Waals surface area (Å²) < 4.78 is 36.2. The highest BCUT2D eigenvalue weighted by molar-refractivity contribution is 7.91. The first-order chi connectivity index (χ1) is 14.3. The van der Waals surface area contributed by atoms with Gasteiger partial charge in [-0.15, -0.1) is 0 Å². The summed E-state index contributed by atoms with van der Waals surface area (Å²) in [6.07, 6.45) is -0.193. The van der Waals surface area contributed by atoms with Crippen molar-refractivity contribution in [3.63, 3.8) is 0 Å². The van der Waals surface area contributed by atoms with Crippen LogP contribution >= 0.6 is 11.6 Å². The van der Waals surface area contributed by atoms with Gasteiger partial charge in [-0.05, 0) is 36.8 Å². The number of amides is 1. The molecule has 0 unspecified atom stereocenters. The Morgan fingerprint density at radius 2 is 1.97 bits per heavy atom. The van der Waals surface area contributed by atoms with Crippen LogP contribution in [0.5, 0.6) is 5.75 Å². The number of aryl methyl sites for hydroxylation is 1. The minimum atomic E-state index is -3.79. The first-order valence-corrected chi connectivity index (χ1v) is 11.2. The van der Waals surface area contributed by atoms with Crippen LogP contribution in [0.3, 0.4) is 0 Å². The van der Waals surface area contributed by atoms with Crippen molar-refractivity contribution in [3.8, 4) is 17.1 Å². The van der Waals surface area contributed by atoms with Crippen LogP contribution in [0.25, 0.3) is 11.3 Å². The van der Waals surface area contributed by atoms with Crippen molar-refractivity contribution in [1.82, 2.24) is 10.5 Å². The zero-order valence-corrected chi connectivity index (χ0v) is 18.1. The number of aromatic nitrogens is 1.